The average Bonchev–Trinajstić information content (AvgIpc) is 2.76. The van der Waals surface area contributed by atoms with Crippen LogP contribution in [0.3, 0.4) is 0 Å². The number of anilines is 2. The summed E-state index contributed by atoms with van der Waals surface area (Å²) in [5, 5.41) is 14.0. The summed E-state index contributed by atoms with van der Waals surface area (Å²) in [5.74, 6) is -2.55. The predicted molar refractivity (Wildman–Crippen MR) is 118 cm³/mol. The third kappa shape index (κ3) is 5.70. The zero-order valence-corrected chi connectivity index (χ0v) is 17.3. The number of carbonyl (C=O) groups is 3. The van der Waals surface area contributed by atoms with Gasteiger partial charge in [0.2, 0.25) is 5.91 Å². The number of carboxylic acids is 1. The van der Waals surface area contributed by atoms with Crippen LogP contribution in [-0.4, -0.2) is 28.1 Å². The van der Waals surface area contributed by atoms with E-state index >= 15 is 0 Å². The van der Waals surface area contributed by atoms with Gasteiger partial charge in [0, 0.05) is 10.6 Å². The molecule has 1 unspecified atom stereocenters. The van der Waals surface area contributed by atoms with E-state index in [0.717, 1.165) is 4.90 Å². The summed E-state index contributed by atoms with van der Waals surface area (Å²) in [6.45, 7) is 1.71. The van der Waals surface area contributed by atoms with E-state index in [1.807, 2.05) is 0 Å². The van der Waals surface area contributed by atoms with Crippen LogP contribution in [0.15, 0.2) is 77.7 Å². The van der Waals surface area contributed by atoms with Gasteiger partial charge in [0.15, 0.2) is 0 Å². The zero-order chi connectivity index (χ0) is 22.4. The number of nitrogens with one attached hydrogen (secondary N) is 2. The average molecular weight is 438 g/mol. The van der Waals surface area contributed by atoms with Crippen molar-refractivity contribution in [3.05, 3.63) is 89.7 Å². The first-order valence-corrected chi connectivity index (χ1v) is 10.2. The molecule has 3 aromatic rings. The molecule has 2 amide bonds. The third-order valence-corrected chi connectivity index (χ3v) is 5.44. The fourth-order valence-corrected chi connectivity index (χ4v) is 3.60. The lowest BCUT2D eigenvalue weighted by molar-refractivity contribution is -0.115. The zero-order valence-electron chi connectivity index (χ0n) is 16.5. The second kappa shape index (κ2) is 9.90. The molecule has 6 nitrogen and oxygen atoms in total. The minimum Gasteiger partial charge on any atom is -0.478 e. The van der Waals surface area contributed by atoms with Gasteiger partial charge in [-0.1, -0.05) is 24.3 Å². The van der Waals surface area contributed by atoms with Crippen molar-refractivity contribution in [2.75, 3.05) is 10.6 Å². The molecule has 3 N–H and O–H groups in total. The molecule has 8 heteroatoms. The van der Waals surface area contributed by atoms with Crippen LogP contribution in [0.2, 0.25) is 0 Å². The second-order valence-corrected chi connectivity index (χ2v) is 7.97. The maximum absolute atomic E-state index is 13.7. The summed E-state index contributed by atoms with van der Waals surface area (Å²) in [6.07, 6.45) is 0. The number of aromatic carboxylic acids is 1. The van der Waals surface area contributed by atoms with E-state index in [1.165, 1.54) is 36.0 Å². The highest BCUT2D eigenvalue weighted by atomic mass is 32.2. The van der Waals surface area contributed by atoms with Gasteiger partial charge in [0.05, 0.1) is 22.1 Å². The van der Waals surface area contributed by atoms with Crippen LogP contribution in [0.4, 0.5) is 15.8 Å². The monoisotopic (exact) mass is 438 g/mol. The Balaban J connectivity index is 1.61. The number of para-hydroxylation sites is 1. The standard InChI is InChI=1S/C23H19FN2O4S/c1-14(21(27)26-20-9-5-4-8-19(20)24)31-16-12-10-15(11-13-16)25-22(28)17-6-2-3-7-18(17)23(29)30/h2-14H,1H3,(H,25,28)(H,26,27)(H,29,30). The fraction of sp³-hybridized carbons (Fsp3) is 0.0870. The maximum atomic E-state index is 13.7. The Bertz CT molecular complexity index is 1120. The Morgan fingerprint density at radius 1 is 0.871 bits per heavy atom. The van der Waals surface area contributed by atoms with Crippen molar-refractivity contribution in [1.82, 2.24) is 0 Å². The molecule has 0 aromatic heterocycles. The summed E-state index contributed by atoms with van der Waals surface area (Å²) in [7, 11) is 0. The van der Waals surface area contributed by atoms with Gasteiger partial charge < -0.3 is 15.7 Å². The van der Waals surface area contributed by atoms with Crippen molar-refractivity contribution in [2.45, 2.75) is 17.1 Å². The summed E-state index contributed by atoms with van der Waals surface area (Å²) >= 11 is 1.28. The Morgan fingerprint density at radius 3 is 2.13 bits per heavy atom. The van der Waals surface area contributed by atoms with Gasteiger partial charge in [-0.25, -0.2) is 9.18 Å². The van der Waals surface area contributed by atoms with Crippen LogP contribution in [0.25, 0.3) is 0 Å². The molecule has 0 heterocycles. The lowest BCUT2D eigenvalue weighted by Gasteiger charge is -2.13. The summed E-state index contributed by atoms with van der Waals surface area (Å²) < 4.78 is 13.7. The number of amides is 2. The van der Waals surface area contributed by atoms with Crippen LogP contribution in [0, 0.1) is 5.82 Å². The second-order valence-electron chi connectivity index (χ2n) is 6.56. The predicted octanol–water partition coefficient (Wildman–Crippen LogP) is 4.90. The Morgan fingerprint density at radius 2 is 1.48 bits per heavy atom. The van der Waals surface area contributed by atoms with Gasteiger partial charge in [-0.3, -0.25) is 9.59 Å². The number of carbonyl (C=O) groups excluding carboxylic acids is 2. The number of benzene rings is 3. The molecular formula is C23H19FN2O4S. The minimum atomic E-state index is -1.18. The highest BCUT2D eigenvalue weighted by Gasteiger charge is 2.17. The molecule has 0 saturated heterocycles. The number of carboxylic acid groups (broad SMARTS) is 1. The summed E-state index contributed by atoms with van der Waals surface area (Å²) in [4.78, 5) is 36.8. The number of thioether (sulfide) groups is 1. The van der Waals surface area contributed by atoms with Crippen LogP contribution < -0.4 is 10.6 Å². The Hall–Kier alpha value is -3.65. The van der Waals surface area contributed by atoms with E-state index in [9.17, 15) is 23.9 Å². The van der Waals surface area contributed by atoms with E-state index in [-0.39, 0.29) is 22.7 Å². The minimum absolute atomic E-state index is 0.0619. The molecule has 0 fully saturated rings. The first-order valence-electron chi connectivity index (χ1n) is 9.31. The van der Waals surface area contributed by atoms with Crippen molar-refractivity contribution in [2.24, 2.45) is 0 Å². The van der Waals surface area contributed by atoms with Crippen LogP contribution in [0.5, 0.6) is 0 Å². The van der Waals surface area contributed by atoms with Crippen LogP contribution >= 0.6 is 11.8 Å². The van der Waals surface area contributed by atoms with Crippen molar-refractivity contribution < 1.29 is 23.9 Å². The molecule has 0 spiro atoms. The molecule has 0 aliphatic heterocycles. The molecule has 0 radical (unpaired) electrons. The highest BCUT2D eigenvalue weighted by Crippen LogP contribution is 2.26. The third-order valence-electron chi connectivity index (χ3n) is 4.33. The van der Waals surface area contributed by atoms with Crippen molar-refractivity contribution >= 4 is 40.9 Å². The number of hydrogen-bond donors (Lipinski definition) is 3. The van der Waals surface area contributed by atoms with Crippen molar-refractivity contribution in [1.29, 1.82) is 0 Å². The van der Waals surface area contributed by atoms with Gasteiger partial charge in [0.1, 0.15) is 5.82 Å². The Labute approximate surface area is 182 Å². The molecule has 3 aromatic carbocycles. The summed E-state index contributed by atoms with van der Waals surface area (Å²) in [5.41, 5.74) is 0.589. The molecule has 0 aliphatic rings. The van der Waals surface area contributed by atoms with E-state index in [0.29, 0.717) is 5.69 Å². The van der Waals surface area contributed by atoms with Gasteiger partial charge in [-0.2, -0.15) is 0 Å². The fourth-order valence-electron chi connectivity index (χ4n) is 2.74. The van der Waals surface area contributed by atoms with E-state index in [4.69, 9.17) is 0 Å². The first kappa shape index (κ1) is 22.0. The molecule has 3 rings (SSSR count). The molecule has 0 saturated carbocycles. The lowest BCUT2D eigenvalue weighted by atomic mass is 10.1. The molecule has 31 heavy (non-hydrogen) atoms. The molecule has 1 atom stereocenters. The van der Waals surface area contributed by atoms with Crippen molar-refractivity contribution in [3.8, 4) is 0 Å². The van der Waals surface area contributed by atoms with Gasteiger partial charge in [0.25, 0.3) is 5.91 Å². The quantitative estimate of drug-likeness (QED) is 0.456. The highest BCUT2D eigenvalue weighted by molar-refractivity contribution is 8.00. The molecule has 158 valence electrons. The van der Waals surface area contributed by atoms with Crippen LogP contribution in [-0.2, 0) is 4.79 Å². The van der Waals surface area contributed by atoms with Crippen molar-refractivity contribution in [3.63, 3.8) is 0 Å². The topological polar surface area (TPSA) is 95.5 Å². The molecular weight excluding hydrogens is 419 g/mol. The summed E-state index contributed by atoms with van der Waals surface area (Å²) in [6, 6.07) is 18.7. The smallest absolute Gasteiger partial charge is 0.336 e. The van der Waals surface area contributed by atoms with E-state index < -0.39 is 22.9 Å². The first-order chi connectivity index (χ1) is 14.8. The maximum Gasteiger partial charge on any atom is 0.336 e. The van der Waals surface area contributed by atoms with E-state index in [1.54, 1.807) is 55.5 Å². The van der Waals surface area contributed by atoms with Gasteiger partial charge >= 0.3 is 5.97 Å². The SMILES string of the molecule is CC(Sc1ccc(NC(=O)c2ccccc2C(=O)O)cc1)C(=O)Nc1ccccc1F. The van der Waals surface area contributed by atoms with Gasteiger partial charge in [-0.15, -0.1) is 11.8 Å². The van der Waals surface area contributed by atoms with Gasteiger partial charge in [-0.05, 0) is 55.5 Å². The lowest BCUT2D eigenvalue weighted by Crippen LogP contribution is -2.22. The van der Waals surface area contributed by atoms with Crippen LogP contribution in [0.1, 0.15) is 27.6 Å². The molecule has 0 aliphatic carbocycles. The van der Waals surface area contributed by atoms with E-state index in [2.05, 4.69) is 10.6 Å². The number of halogens is 1. The normalized spacial score (nSPS) is 11.4. The molecule has 0 bridgehead atoms. The number of rotatable bonds is 7. The Kier molecular flexibility index (Phi) is 7.04. The largest absolute Gasteiger partial charge is 0.478 e. The number of hydrogen-bond acceptors (Lipinski definition) is 4.